The predicted octanol–water partition coefficient (Wildman–Crippen LogP) is 9.33. The molecular formula is C37H52O6Si. The summed E-state index contributed by atoms with van der Waals surface area (Å²) in [7, 11) is -2.34. The molecule has 1 fully saturated rings. The highest BCUT2D eigenvalue weighted by atomic mass is 28.4. The van der Waals surface area contributed by atoms with Crippen molar-refractivity contribution in [3.05, 3.63) is 70.8 Å². The molecule has 44 heavy (non-hydrogen) atoms. The topological polar surface area (TPSA) is 63.2 Å². The van der Waals surface area contributed by atoms with Crippen LogP contribution in [-0.4, -0.2) is 32.8 Å². The minimum atomic E-state index is -2.34. The average molecular weight is 621 g/mol. The Morgan fingerprint density at radius 2 is 1.91 bits per heavy atom. The normalized spacial score (nSPS) is 26.5. The van der Waals surface area contributed by atoms with Crippen LogP contribution in [0, 0.1) is 11.8 Å². The van der Waals surface area contributed by atoms with Crippen molar-refractivity contribution >= 4 is 14.3 Å². The first-order chi connectivity index (χ1) is 20.9. The molecule has 6 nitrogen and oxygen atoms in total. The molecule has 5 atom stereocenters. The van der Waals surface area contributed by atoms with E-state index in [1.165, 1.54) is 12.8 Å². The van der Waals surface area contributed by atoms with Gasteiger partial charge in [0.2, 0.25) is 5.79 Å². The van der Waals surface area contributed by atoms with Gasteiger partial charge in [0.15, 0.2) is 0 Å². The summed E-state index contributed by atoms with van der Waals surface area (Å²) in [4.78, 5) is 14.2. The number of allylic oxidation sites excluding steroid dienone is 1. The Bertz CT molecular complexity index is 1350. The maximum atomic E-state index is 14.2. The quantitative estimate of drug-likeness (QED) is 0.114. The molecule has 3 aliphatic rings. The van der Waals surface area contributed by atoms with Crippen LogP contribution in [0.1, 0.15) is 107 Å². The van der Waals surface area contributed by atoms with Crippen LogP contribution in [0.3, 0.4) is 0 Å². The smallest absolute Gasteiger partial charge is 0.346 e. The standard InChI is InChI=1S/C37H52O6Si/c1-9-11-13-19-29-20-28-21-30(43-44(7,8)36(4,5)6)33(35(38)39-23-26-17-14-12-15-18-26)34-32(28)31(41-29)22-37(42-34)25(3)27(16-10-2)24-40-37/h10,12,14-18,21,25,27,29,31H,9,11,13,19-20,22-24H2,1-8H3/b16-10+/t25-,27+,29+,31-,37-/m0/s1. The SMILES string of the molecule is C/C=C/[C@@H]1CO[C@]2(C[C@@H]3O[C@H](CCCCC)Cc4cc(O[Si](C)(C)C(C)(C)C)c(C(=O)OCc5ccccc5)c(c43)O2)[C@H]1C. The molecule has 3 aliphatic heterocycles. The number of hydrogen-bond donors (Lipinski definition) is 0. The van der Waals surface area contributed by atoms with Gasteiger partial charge in [-0.2, -0.15) is 0 Å². The zero-order valence-corrected chi connectivity index (χ0v) is 29.0. The Balaban J connectivity index is 1.63. The van der Waals surface area contributed by atoms with E-state index >= 15 is 0 Å². The molecule has 240 valence electrons. The van der Waals surface area contributed by atoms with E-state index < -0.39 is 20.1 Å². The molecule has 0 N–H and O–H groups in total. The van der Waals surface area contributed by atoms with Gasteiger partial charge in [-0.1, -0.05) is 96.4 Å². The van der Waals surface area contributed by atoms with Crippen molar-refractivity contribution in [1.82, 2.24) is 0 Å². The molecule has 5 rings (SSSR count). The third-order valence-corrected chi connectivity index (χ3v) is 14.6. The minimum Gasteiger partial charge on any atom is -0.543 e. The monoisotopic (exact) mass is 620 g/mol. The van der Waals surface area contributed by atoms with E-state index in [4.69, 9.17) is 23.4 Å². The number of rotatable bonds is 10. The second-order valence-corrected chi connectivity index (χ2v) is 19.2. The molecule has 0 unspecified atom stereocenters. The van der Waals surface area contributed by atoms with Crippen LogP contribution >= 0.6 is 0 Å². The third kappa shape index (κ3) is 6.51. The number of esters is 1. The molecule has 0 aliphatic carbocycles. The molecule has 2 aromatic carbocycles. The molecule has 1 spiro atoms. The maximum absolute atomic E-state index is 14.2. The fraction of sp³-hybridized carbons (Fsp3) is 0.595. The van der Waals surface area contributed by atoms with Crippen molar-refractivity contribution in [1.29, 1.82) is 0 Å². The molecule has 3 heterocycles. The number of benzene rings is 2. The summed E-state index contributed by atoms with van der Waals surface area (Å²) < 4.78 is 33.4. The molecule has 2 aromatic rings. The number of hydrogen-bond acceptors (Lipinski definition) is 6. The van der Waals surface area contributed by atoms with E-state index in [1.807, 2.05) is 37.3 Å². The fourth-order valence-corrected chi connectivity index (χ4v) is 7.53. The van der Waals surface area contributed by atoms with Crippen LogP contribution in [0.15, 0.2) is 48.6 Å². The van der Waals surface area contributed by atoms with Gasteiger partial charge in [0.1, 0.15) is 23.7 Å². The van der Waals surface area contributed by atoms with E-state index in [0.29, 0.717) is 30.1 Å². The summed E-state index contributed by atoms with van der Waals surface area (Å²) in [5.74, 6) is 0.00294. The van der Waals surface area contributed by atoms with Crippen molar-refractivity contribution in [3.63, 3.8) is 0 Å². The van der Waals surface area contributed by atoms with Gasteiger partial charge in [0, 0.05) is 23.8 Å². The van der Waals surface area contributed by atoms with Gasteiger partial charge < -0.3 is 23.4 Å². The Labute approximate surface area is 265 Å². The van der Waals surface area contributed by atoms with E-state index in [9.17, 15) is 4.79 Å². The zero-order valence-electron chi connectivity index (χ0n) is 28.0. The van der Waals surface area contributed by atoms with Gasteiger partial charge in [0.25, 0.3) is 8.32 Å². The summed E-state index contributed by atoms with van der Waals surface area (Å²) in [6, 6.07) is 11.9. The maximum Gasteiger partial charge on any atom is 0.346 e. The van der Waals surface area contributed by atoms with Crippen molar-refractivity contribution in [2.75, 3.05) is 6.61 Å². The molecule has 0 radical (unpaired) electrons. The minimum absolute atomic E-state index is 0.0649. The summed E-state index contributed by atoms with van der Waals surface area (Å²) in [6.07, 6.45) is 10.00. The van der Waals surface area contributed by atoms with Crippen LogP contribution in [0.25, 0.3) is 0 Å². The lowest BCUT2D eigenvalue weighted by atomic mass is 9.80. The Morgan fingerprint density at radius 1 is 1.16 bits per heavy atom. The first-order valence-electron chi connectivity index (χ1n) is 16.6. The number of unbranched alkanes of at least 4 members (excludes halogenated alkanes) is 2. The number of ether oxygens (including phenoxy) is 4. The van der Waals surface area contributed by atoms with Crippen LogP contribution in [-0.2, 0) is 27.2 Å². The highest BCUT2D eigenvalue weighted by Crippen LogP contribution is 2.56. The van der Waals surface area contributed by atoms with Crippen LogP contribution in [0.2, 0.25) is 18.1 Å². The summed E-state index contributed by atoms with van der Waals surface area (Å²) >= 11 is 0. The lowest BCUT2D eigenvalue weighted by molar-refractivity contribution is -0.214. The first-order valence-corrected chi connectivity index (χ1v) is 19.5. The molecule has 1 saturated heterocycles. The van der Waals surface area contributed by atoms with Crippen LogP contribution in [0.4, 0.5) is 0 Å². The largest absolute Gasteiger partial charge is 0.543 e. The van der Waals surface area contributed by atoms with E-state index in [1.54, 1.807) is 0 Å². The summed E-state index contributed by atoms with van der Waals surface area (Å²) in [5.41, 5.74) is 3.39. The number of carbonyl (C=O) groups is 1. The number of carbonyl (C=O) groups excluding carboxylic acids is 1. The van der Waals surface area contributed by atoms with Crippen molar-refractivity contribution < 1.29 is 28.2 Å². The fourth-order valence-electron chi connectivity index (χ4n) is 6.51. The van der Waals surface area contributed by atoms with Crippen molar-refractivity contribution in [2.45, 2.75) is 123 Å². The van der Waals surface area contributed by atoms with E-state index in [0.717, 1.165) is 36.0 Å². The van der Waals surface area contributed by atoms with Gasteiger partial charge >= 0.3 is 5.97 Å². The molecule has 7 heteroatoms. The molecule has 0 aromatic heterocycles. The highest BCUT2D eigenvalue weighted by molar-refractivity contribution is 6.74. The summed E-state index contributed by atoms with van der Waals surface area (Å²) in [5, 5.41) is -0.0649. The first kappa shape index (κ1) is 32.8. The van der Waals surface area contributed by atoms with Gasteiger partial charge in [0.05, 0.1) is 18.8 Å². The Hall–Kier alpha value is -2.61. The third-order valence-electron chi connectivity index (χ3n) is 10.3. The predicted molar refractivity (Wildman–Crippen MR) is 177 cm³/mol. The summed E-state index contributed by atoms with van der Waals surface area (Å²) in [6.45, 7) is 18.2. The molecule has 0 amide bonds. The van der Waals surface area contributed by atoms with Gasteiger partial charge in [-0.15, -0.1) is 0 Å². The highest BCUT2D eigenvalue weighted by Gasteiger charge is 2.56. The van der Waals surface area contributed by atoms with Gasteiger partial charge in [-0.25, -0.2) is 4.79 Å². The van der Waals surface area contributed by atoms with Gasteiger partial charge in [-0.05, 0) is 55.1 Å². The van der Waals surface area contributed by atoms with Crippen LogP contribution < -0.4 is 9.16 Å². The zero-order chi connectivity index (χ0) is 31.7. The van der Waals surface area contributed by atoms with Gasteiger partial charge in [-0.3, -0.25) is 0 Å². The average Bonchev–Trinajstić information content (AvgIpc) is 3.25. The van der Waals surface area contributed by atoms with Crippen molar-refractivity contribution in [2.24, 2.45) is 11.8 Å². The Kier molecular flexibility index (Phi) is 9.69. The van der Waals surface area contributed by atoms with E-state index in [-0.39, 0.29) is 35.7 Å². The van der Waals surface area contributed by atoms with E-state index in [2.05, 4.69) is 65.9 Å². The van der Waals surface area contributed by atoms with Crippen LogP contribution in [0.5, 0.6) is 11.5 Å². The molecule has 0 bridgehead atoms. The van der Waals surface area contributed by atoms with Crippen molar-refractivity contribution in [3.8, 4) is 11.5 Å². The molecule has 0 saturated carbocycles. The lowest BCUT2D eigenvalue weighted by Crippen LogP contribution is -2.49. The Morgan fingerprint density at radius 3 is 2.59 bits per heavy atom. The second-order valence-electron chi connectivity index (χ2n) is 14.4. The molecular weight excluding hydrogens is 568 g/mol. The lowest BCUT2D eigenvalue weighted by Gasteiger charge is -2.46. The second kappa shape index (κ2) is 13.0.